The summed E-state index contributed by atoms with van der Waals surface area (Å²) in [5, 5.41) is 9.31. The highest BCUT2D eigenvalue weighted by Crippen LogP contribution is 2.36. The van der Waals surface area contributed by atoms with Crippen molar-refractivity contribution >= 4 is 5.69 Å². The molecule has 0 amide bonds. The lowest BCUT2D eigenvalue weighted by Crippen LogP contribution is -2.49. The van der Waals surface area contributed by atoms with Crippen LogP contribution in [0, 0.1) is 18.3 Å². The van der Waals surface area contributed by atoms with Gasteiger partial charge in [0, 0.05) is 6.54 Å². The molecule has 0 N–H and O–H groups in total. The molecule has 2 aliphatic rings. The molecule has 1 saturated carbocycles. The molecule has 0 bridgehead atoms. The number of anilines is 1. The van der Waals surface area contributed by atoms with Crippen LogP contribution in [0.2, 0.25) is 0 Å². The van der Waals surface area contributed by atoms with Gasteiger partial charge in [-0.1, -0.05) is 12.1 Å². The van der Waals surface area contributed by atoms with E-state index in [-0.39, 0.29) is 0 Å². The van der Waals surface area contributed by atoms with Crippen molar-refractivity contribution in [3.05, 3.63) is 29.3 Å². The monoisotopic (exact) mass is 242 g/mol. The molecule has 3 heteroatoms. The summed E-state index contributed by atoms with van der Waals surface area (Å²) in [6.07, 6.45) is 3.95. The topological polar surface area (TPSA) is 36.3 Å². The predicted molar refractivity (Wildman–Crippen MR) is 70.6 cm³/mol. The minimum absolute atomic E-state index is 0.366. The zero-order valence-corrected chi connectivity index (χ0v) is 10.7. The van der Waals surface area contributed by atoms with Gasteiger partial charge in [-0.05, 0) is 37.8 Å². The summed E-state index contributed by atoms with van der Waals surface area (Å²) in [7, 11) is 0. The van der Waals surface area contributed by atoms with Crippen LogP contribution in [0.25, 0.3) is 0 Å². The summed E-state index contributed by atoms with van der Waals surface area (Å²) < 4.78 is 5.84. The fourth-order valence-corrected chi connectivity index (χ4v) is 3.33. The summed E-state index contributed by atoms with van der Waals surface area (Å²) in [6, 6.07) is 8.77. The number of para-hydroxylation sites is 1. The lowest BCUT2D eigenvalue weighted by molar-refractivity contribution is 0.0256. The second-order valence-electron chi connectivity index (χ2n) is 5.18. The number of aryl methyl sites for hydroxylation is 1. The van der Waals surface area contributed by atoms with Gasteiger partial charge in [-0.3, -0.25) is 0 Å². The second kappa shape index (κ2) is 4.62. The summed E-state index contributed by atoms with van der Waals surface area (Å²) >= 11 is 0. The molecule has 1 heterocycles. The number of nitrogens with zero attached hydrogens (tertiary/aromatic N) is 2. The molecular formula is C15H18N2O. The molecule has 2 unspecified atom stereocenters. The molecule has 0 radical (unpaired) electrons. The van der Waals surface area contributed by atoms with Crippen LogP contribution in [0.3, 0.4) is 0 Å². The number of nitriles is 1. The Bertz CT molecular complexity index is 492. The van der Waals surface area contributed by atoms with Crippen LogP contribution in [0.4, 0.5) is 5.69 Å². The number of morpholine rings is 1. The van der Waals surface area contributed by atoms with Crippen LogP contribution in [0.5, 0.6) is 0 Å². The predicted octanol–water partition coefficient (Wildman–Crippen LogP) is 2.62. The molecule has 1 saturated heterocycles. The third-order valence-electron chi connectivity index (χ3n) is 4.13. The van der Waals surface area contributed by atoms with Gasteiger partial charge in [-0.25, -0.2) is 0 Å². The fraction of sp³-hybridized carbons (Fsp3) is 0.533. The molecular weight excluding hydrogens is 224 g/mol. The Kier molecular flexibility index (Phi) is 2.97. The molecule has 2 atom stereocenters. The van der Waals surface area contributed by atoms with Crippen molar-refractivity contribution in [2.45, 2.75) is 38.3 Å². The van der Waals surface area contributed by atoms with Crippen LogP contribution < -0.4 is 4.90 Å². The Hall–Kier alpha value is -1.53. The Morgan fingerprint density at radius 1 is 1.39 bits per heavy atom. The quantitative estimate of drug-likeness (QED) is 0.759. The minimum Gasteiger partial charge on any atom is -0.374 e. The van der Waals surface area contributed by atoms with E-state index in [1.807, 2.05) is 12.1 Å². The van der Waals surface area contributed by atoms with Gasteiger partial charge in [-0.2, -0.15) is 5.26 Å². The molecule has 2 fully saturated rings. The highest BCUT2D eigenvalue weighted by Gasteiger charge is 2.37. The number of benzene rings is 1. The zero-order valence-electron chi connectivity index (χ0n) is 10.7. The summed E-state index contributed by atoms with van der Waals surface area (Å²) in [4.78, 5) is 2.41. The van der Waals surface area contributed by atoms with Crippen LogP contribution in [0.15, 0.2) is 18.2 Å². The molecule has 94 valence electrons. The van der Waals surface area contributed by atoms with Gasteiger partial charge in [0.15, 0.2) is 0 Å². The molecule has 3 rings (SSSR count). The van der Waals surface area contributed by atoms with Crippen LogP contribution in [0.1, 0.15) is 30.4 Å². The first-order chi connectivity index (χ1) is 8.81. The minimum atomic E-state index is 0.366. The summed E-state index contributed by atoms with van der Waals surface area (Å²) in [6.45, 7) is 3.77. The van der Waals surface area contributed by atoms with Crippen molar-refractivity contribution < 1.29 is 4.74 Å². The molecule has 1 aromatic carbocycles. The van der Waals surface area contributed by atoms with Crippen molar-refractivity contribution in [1.29, 1.82) is 5.26 Å². The SMILES string of the molecule is Cc1cccc(C#N)c1N1CCOC2CCCC21. The van der Waals surface area contributed by atoms with E-state index in [1.54, 1.807) is 0 Å². The Labute approximate surface area is 108 Å². The van der Waals surface area contributed by atoms with E-state index in [0.29, 0.717) is 12.1 Å². The number of hydrogen-bond donors (Lipinski definition) is 0. The third-order valence-corrected chi connectivity index (χ3v) is 4.13. The van der Waals surface area contributed by atoms with E-state index in [2.05, 4.69) is 24.0 Å². The first kappa shape index (κ1) is 11.6. The number of hydrogen-bond acceptors (Lipinski definition) is 3. The van der Waals surface area contributed by atoms with Crippen molar-refractivity contribution in [2.24, 2.45) is 0 Å². The van der Waals surface area contributed by atoms with E-state index in [4.69, 9.17) is 4.74 Å². The largest absolute Gasteiger partial charge is 0.374 e. The molecule has 0 spiro atoms. The Balaban J connectivity index is 2.01. The van der Waals surface area contributed by atoms with Crippen LogP contribution >= 0.6 is 0 Å². The molecule has 1 aliphatic carbocycles. The summed E-state index contributed by atoms with van der Waals surface area (Å²) in [5.74, 6) is 0. The maximum absolute atomic E-state index is 9.31. The molecule has 1 aromatic rings. The smallest absolute Gasteiger partial charge is 0.101 e. The van der Waals surface area contributed by atoms with E-state index in [1.165, 1.54) is 18.4 Å². The maximum atomic E-state index is 9.31. The van der Waals surface area contributed by atoms with Crippen molar-refractivity contribution in [2.75, 3.05) is 18.1 Å². The Morgan fingerprint density at radius 3 is 3.11 bits per heavy atom. The highest BCUT2D eigenvalue weighted by molar-refractivity contribution is 5.65. The standard InChI is InChI=1S/C15H18N2O/c1-11-4-2-5-12(10-16)15(11)17-8-9-18-14-7-3-6-13(14)17/h2,4-5,13-14H,3,6-9H2,1H3. The van der Waals surface area contributed by atoms with Gasteiger partial charge in [0.2, 0.25) is 0 Å². The van der Waals surface area contributed by atoms with Gasteiger partial charge in [0.05, 0.1) is 30.0 Å². The van der Waals surface area contributed by atoms with Crippen LogP contribution in [-0.2, 0) is 4.74 Å². The highest BCUT2D eigenvalue weighted by atomic mass is 16.5. The molecule has 18 heavy (non-hydrogen) atoms. The van der Waals surface area contributed by atoms with E-state index in [0.717, 1.165) is 30.8 Å². The zero-order chi connectivity index (χ0) is 12.5. The number of rotatable bonds is 1. The third kappa shape index (κ3) is 1.77. The number of fused-ring (bicyclic) bond motifs is 1. The lowest BCUT2D eigenvalue weighted by atomic mass is 10.0. The maximum Gasteiger partial charge on any atom is 0.101 e. The van der Waals surface area contributed by atoms with E-state index >= 15 is 0 Å². The van der Waals surface area contributed by atoms with Crippen LogP contribution in [-0.4, -0.2) is 25.3 Å². The van der Waals surface area contributed by atoms with E-state index in [9.17, 15) is 5.26 Å². The second-order valence-corrected chi connectivity index (χ2v) is 5.18. The Morgan fingerprint density at radius 2 is 2.28 bits per heavy atom. The normalized spacial score (nSPS) is 26.8. The summed E-state index contributed by atoms with van der Waals surface area (Å²) in [5.41, 5.74) is 3.12. The first-order valence-electron chi connectivity index (χ1n) is 6.69. The van der Waals surface area contributed by atoms with Crippen molar-refractivity contribution in [1.82, 2.24) is 0 Å². The molecule has 3 nitrogen and oxygen atoms in total. The van der Waals surface area contributed by atoms with Gasteiger partial charge in [0.1, 0.15) is 6.07 Å². The van der Waals surface area contributed by atoms with Gasteiger partial charge < -0.3 is 9.64 Å². The fourth-order valence-electron chi connectivity index (χ4n) is 3.33. The average Bonchev–Trinajstić information content (AvgIpc) is 2.86. The lowest BCUT2D eigenvalue weighted by Gasteiger charge is -2.40. The number of ether oxygens (including phenoxy) is 1. The van der Waals surface area contributed by atoms with Gasteiger partial charge >= 0.3 is 0 Å². The molecule has 1 aliphatic heterocycles. The van der Waals surface area contributed by atoms with Gasteiger partial charge in [-0.15, -0.1) is 0 Å². The molecule has 0 aromatic heterocycles. The van der Waals surface area contributed by atoms with Crippen molar-refractivity contribution in [3.63, 3.8) is 0 Å². The van der Waals surface area contributed by atoms with Crippen molar-refractivity contribution in [3.8, 4) is 6.07 Å². The first-order valence-corrected chi connectivity index (χ1v) is 6.69. The average molecular weight is 242 g/mol. The van der Waals surface area contributed by atoms with E-state index < -0.39 is 0 Å². The van der Waals surface area contributed by atoms with Gasteiger partial charge in [0.25, 0.3) is 0 Å².